The average molecular weight is 208 g/mol. The molecule has 0 unspecified atom stereocenters. The molecule has 0 aliphatic carbocycles. The van der Waals surface area contributed by atoms with Crippen LogP contribution < -0.4 is 0 Å². The number of carbonyl (C=O) groups excluding carboxylic acids is 1. The van der Waals surface area contributed by atoms with Crippen molar-refractivity contribution in [1.29, 1.82) is 0 Å². The van der Waals surface area contributed by atoms with Crippen molar-refractivity contribution in [1.82, 2.24) is 10.2 Å². The van der Waals surface area contributed by atoms with Gasteiger partial charge in [-0.2, -0.15) is 10.2 Å². The van der Waals surface area contributed by atoms with Crippen molar-refractivity contribution in [2.45, 2.75) is 33.1 Å². The first-order chi connectivity index (χ1) is 6.96. The van der Waals surface area contributed by atoms with Crippen LogP contribution in [0.3, 0.4) is 0 Å². The van der Waals surface area contributed by atoms with E-state index >= 15 is 0 Å². The van der Waals surface area contributed by atoms with Gasteiger partial charge in [-0.3, -0.25) is 0 Å². The van der Waals surface area contributed by atoms with Gasteiger partial charge in [0.1, 0.15) is 0 Å². The largest absolute Gasteiger partial charge is 0.462 e. The van der Waals surface area contributed by atoms with Gasteiger partial charge < -0.3 is 4.74 Å². The van der Waals surface area contributed by atoms with Gasteiger partial charge in [0.2, 0.25) is 0 Å². The zero-order chi connectivity index (χ0) is 11.5. The van der Waals surface area contributed by atoms with Gasteiger partial charge in [0.15, 0.2) is 0 Å². The molecule has 1 aromatic rings. The lowest BCUT2D eigenvalue weighted by Gasteiger charge is -2.20. The number of ether oxygens (including phenoxy) is 1. The van der Waals surface area contributed by atoms with E-state index in [2.05, 4.69) is 10.2 Å². The Morgan fingerprint density at radius 2 is 1.93 bits per heavy atom. The number of hydrogen-bond donors (Lipinski definition) is 0. The van der Waals surface area contributed by atoms with Gasteiger partial charge in [-0.25, -0.2) is 4.79 Å². The molecular weight excluding hydrogens is 192 g/mol. The molecule has 0 saturated carbocycles. The zero-order valence-electron chi connectivity index (χ0n) is 9.57. The van der Waals surface area contributed by atoms with Crippen molar-refractivity contribution in [3.8, 4) is 0 Å². The molecule has 1 rings (SSSR count). The standard InChI is InChI=1S/C11H16N2O2/c1-5-15-10(14)8-6-12-13-7-9(8)11(2,3)4/h6-7H,5H2,1-4H3. The lowest BCUT2D eigenvalue weighted by Crippen LogP contribution is -2.19. The highest BCUT2D eigenvalue weighted by molar-refractivity contribution is 5.90. The molecule has 0 fully saturated rings. The maximum Gasteiger partial charge on any atom is 0.340 e. The van der Waals surface area contributed by atoms with Crippen LogP contribution >= 0.6 is 0 Å². The molecule has 82 valence electrons. The van der Waals surface area contributed by atoms with E-state index in [9.17, 15) is 4.79 Å². The van der Waals surface area contributed by atoms with Crippen LogP contribution in [0, 0.1) is 0 Å². The van der Waals surface area contributed by atoms with Crippen LogP contribution in [0.4, 0.5) is 0 Å². The van der Waals surface area contributed by atoms with Gasteiger partial charge in [0.25, 0.3) is 0 Å². The lowest BCUT2D eigenvalue weighted by molar-refractivity contribution is 0.0522. The van der Waals surface area contributed by atoms with Crippen LogP contribution in [0.2, 0.25) is 0 Å². The summed E-state index contributed by atoms with van der Waals surface area (Å²) >= 11 is 0. The molecule has 0 aromatic carbocycles. The Labute approximate surface area is 89.7 Å². The summed E-state index contributed by atoms with van der Waals surface area (Å²) < 4.78 is 4.96. The molecular formula is C11H16N2O2. The number of carbonyl (C=O) groups is 1. The topological polar surface area (TPSA) is 52.1 Å². The molecule has 0 N–H and O–H groups in total. The Bertz CT molecular complexity index is 356. The molecule has 0 atom stereocenters. The Morgan fingerprint density at radius 1 is 1.33 bits per heavy atom. The Balaban J connectivity index is 3.12. The van der Waals surface area contributed by atoms with Crippen LogP contribution in [0.1, 0.15) is 43.6 Å². The smallest absolute Gasteiger partial charge is 0.340 e. The van der Waals surface area contributed by atoms with E-state index in [1.807, 2.05) is 20.8 Å². The predicted molar refractivity (Wildman–Crippen MR) is 56.7 cm³/mol. The van der Waals surface area contributed by atoms with E-state index in [4.69, 9.17) is 4.74 Å². The number of rotatable bonds is 2. The van der Waals surface area contributed by atoms with Crippen molar-refractivity contribution in [3.63, 3.8) is 0 Å². The van der Waals surface area contributed by atoms with E-state index in [0.717, 1.165) is 5.56 Å². The summed E-state index contributed by atoms with van der Waals surface area (Å²) in [5.41, 5.74) is 1.22. The summed E-state index contributed by atoms with van der Waals surface area (Å²) in [4.78, 5) is 11.6. The Morgan fingerprint density at radius 3 is 2.47 bits per heavy atom. The first-order valence-corrected chi connectivity index (χ1v) is 4.95. The SMILES string of the molecule is CCOC(=O)c1cnncc1C(C)(C)C. The molecule has 0 bridgehead atoms. The normalized spacial score (nSPS) is 11.2. The molecule has 0 aliphatic heterocycles. The second-order valence-corrected chi connectivity index (χ2v) is 4.29. The predicted octanol–water partition coefficient (Wildman–Crippen LogP) is 1.95. The van der Waals surface area contributed by atoms with Crippen molar-refractivity contribution in [3.05, 3.63) is 23.5 Å². The van der Waals surface area contributed by atoms with Gasteiger partial charge in [0, 0.05) is 0 Å². The van der Waals surface area contributed by atoms with Crippen molar-refractivity contribution in [2.75, 3.05) is 6.61 Å². The molecule has 0 spiro atoms. The molecule has 0 radical (unpaired) electrons. The Hall–Kier alpha value is -1.45. The van der Waals surface area contributed by atoms with Gasteiger partial charge in [-0.1, -0.05) is 20.8 Å². The van der Waals surface area contributed by atoms with Crippen LogP contribution in [-0.2, 0) is 10.2 Å². The second-order valence-electron chi connectivity index (χ2n) is 4.29. The molecule has 1 heterocycles. The zero-order valence-corrected chi connectivity index (χ0v) is 9.57. The molecule has 0 saturated heterocycles. The molecule has 0 amide bonds. The van der Waals surface area contributed by atoms with Gasteiger partial charge >= 0.3 is 5.97 Å². The number of aromatic nitrogens is 2. The second kappa shape index (κ2) is 4.38. The van der Waals surface area contributed by atoms with E-state index in [0.29, 0.717) is 12.2 Å². The monoisotopic (exact) mass is 208 g/mol. The minimum atomic E-state index is -0.336. The molecule has 1 aromatic heterocycles. The van der Waals surface area contributed by atoms with Crippen molar-refractivity contribution < 1.29 is 9.53 Å². The summed E-state index contributed by atoms with van der Waals surface area (Å²) in [6, 6.07) is 0. The highest BCUT2D eigenvalue weighted by Crippen LogP contribution is 2.24. The maximum absolute atomic E-state index is 11.6. The minimum absolute atomic E-state index is 0.141. The van der Waals surface area contributed by atoms with Crippen LogP contribution in [0.5, 0.6) is 0 Å². The molecule has 15 heavy (non-hydrogen) atoms. The minimum Gasteiger partial charge on any atom is -0.462 e. The first kappa shape index (κ1) is 11.6. The maximum atomic E-state index is 11.6. The van der Waals surface area contributed by atoms with Crippen molar-refractivity contribution in [2.24, 2.45) is 0 Å². The van der Waals surface area contributed by atoms with Crippen molar-refractivity contribution >= 4 is 5.97 Å². The average Bonchev–Trinajstić information content (AvgIpc) is 2.17. The van der Waals surface area contributed by atoms with Crippen LogP contribution in [-0.4, -0.2) is 22.8 Å². The quantitative estimate of drug-likeness (QED) is 0.697. The number of nitrogens with zero attached hydrogens (tertiary/aromatic N) is 2. The third-order valence-electron chi connectivity index (χ3n) is 2.03. The molecule has 4 heteroatoms. The third-order valence-corrected chi connectivity index (χ3v) is 2.03. The number of hydrogen-bond acceptors (Lipinski definition) is 4. The summed E-state index contributed by atoms with van der Waals surface area (Å²) in [5, 5.41) is 7.51. The summed E-state index contributed by atoms with van der Waals surface area (Å²) in [5.74, 6) is -0.336. The van der Waals surface area contributed by atoms with Crippen LogP contribution in [0.25, 0.3) is 0 Å². The fourth-order valence-electron chi connectivity index (χ4n) is 1.29. The Kier molecular flexibility index (Phi) is 3.39. The highest BCUT2D eigenvalue weighted by atomic mass is 16.5. The summed E-state index contributed by atoms with van der Waals surface area (Å²) in [7, 11) is 0. The summed E-state index contributed by atoms with van der Waals surface area (Å²) in [6.07, 6.45) is 3.07. The summed E-state index contributed by atoms with van der Waals surface area (Å²) in [6.45, 7) is 8.21. The van der Waals surface area contributed by atoms with Crippen LogP contribution in [0.15, 0.2) is 12.4 Å². The highest BCUT2D eigenvalue weighted by Gasteiger charge is 2.22. The third kappa shape index (κ3) is 2.75. The van der Waals surface area contributed by atoms with E-state index in [-0.39, 0.29) is 11.4 Å². The van der Waals surface area contributed by atoms with Gasteiger partial charge in [-0.15, -0.1) is 0 Å². The first-order valence-electron chi connectivity index (χ1n) is 4.95. The fraction of sp³-hybridized carbons (Fsp3) is 0.545. The van der Waals surface area contributed by atoms with E-state index in [1.165, 1.54) is 6.20 Å². The van der Waals surface area contributed by atoms with Gasteiger partial charge in [-0.05, 0) is 17.9 Å². The fourth-order valence-corrected chi connectivity index (χ4v) is 1.29. The molecule has 0 aliphatic rings. The molecule has 4 nitrogen and oxygen atoms in total. The number of esters is 1. The lowest BCUT2D eigenvalue weighted by atomic mass is 9.85. The van der Waals surface area contributed by atoms with E-state index in [1.54, 1.807) is 13.1 Å². The van der Waals surface area contributed by atoms with Gasteiger partial charge in [0.05, 0.1) is 24.6 Å². The van der Waals surface area contributed by atoms with E-state index < -0.39 is 0 Å².